The van der Waals surface area contributed by atoms with E-state index in [2.05, 4.69) is 103 Å². The van der Waals surface area contributed by atoms with Gasteiger partial charge in [0.25, 0.3) is 0 Å². The summed E-state index contributed by atoms with van der Waals surface area (Å²) in [6, 6.07) is 40.5. The van der Waals surface area contributed by atoms with Crippen molar-refractivity contribution in [2.45, 2.75) is 64.3 Å². The van der Waals surface area contributed by atoms with Crippen molar-refractivity contribution in [1.82, 2.24) is 5.06 Å². The van der Waals surface area contributed by atoms with Gasteiger partial charge < -0.3 is 9.47 Å². The Bertz CT molecular complexity index is 1430. The highest BCUT2D eigenvalue weighted by Crippen LogP contribution is 2.54. The van der Waals surface area contributed by atoms with Crippen molar-refractivity contribution in [2.24, 2.45) is 0 Å². The van der Waals surface area contributed by atoms with Gasteiger partial charge in [0.2, 0.25) is 0 Å². The molecule has 1 saturated heterocycles. The van der Waals surface area contributed by atoms with E-state index in [-0.39, 0.29) is 12.7 Å². The normalized spacial score (nSPS) is 16.5. The Morgan fingerprint density at radius 3 is 1.41 bits per heavy atom. The summed E-state index contributed by atoms with van der Waals surface area (Å²) in [5.74, 6) is 0. The van der Waals surface area contributed by atoms with Gasteiger partial charge in [0.15, 0.2) is 0 Å². The molecular formula is C35H38ClNO8P. The lowest BCUT2D eigenvalue weighted by atomic mass is 9.80. The Morgan fingerprint density at radius 1 is 0.696 bits per heavy atom. The second-order valence-electron chi connectivity index (χ2n) is 12.3. The van der Waals surface area contributed by atoms with E-state index in [4.69, 9.17) is 28.1 Å². The molecule has 46 heavy (non-hydrogen) atoms. The van der Waals surface area contributed by atoms with Crippen LogP contribution in [0.1, 0.15) is 46.1 Å². The van der Waals surface area contributed by atoms with E-state index in [1.807, 2.05) is 39.8 Å². The second-order valence-corrected chi connectivity index (χ2v) is 16.5. The van der Waals surface area contributed by atoms with Gasteiger partial charge in [0.05, 0.1) is 0 Å². The molecule has 0 unspecified atom stereocenters. The average Bonchev–Trinajstić information content (AvgIpc) is 3.00. The van der Waals surface area contributed by atoms with E-state index in [1.54, 1.807) is 0 Å². The van der Waals surface area contributed by atoms with Crippen LogP contribution < -0.4 is 39.9 Å². The summed E-state index contributed by atoms with van der Waals surface area (Å²) in [6.45, 7) is 7.64. The van der Waals surface area contributed by atoms with Gasteiger partial charge in [-0.25, -0.2) is 23.4 Å². The van der Waals surface area contributed by atoms with Crippen molar-refractivity contribution >= 4 is 34.6 Å². The predicted octanol–water partition coefficient (Wildman–Crippen LogP) is 1.57. The molecule has 0 spiro atoms. The first-order chi connectivity index (χ1) is 21.6. The van der Waals surface area contributed by atoms with Crippen molar-refractivity contribution in [3.05, 3.63) is 121 Å². The number of ether oxygens (including phenoxy) is 2. The third-order valence-corrected chi connectivity index (χ3v) is 12.2. The van der Waals surface area contributed by atoms with E-state index >= 15 is 0 Å². The lowest BCUT2D eigenvalue weighted by molar-refractivity contribution is -2.00. The van der Waals surface area contributed by atoms with Crippen LogP contribution in [0.2, 0.25) is 0 Å². The first-order valence-electron chi connectivity index (χ1n) is 14.7. The summed E-state index contributed by atoms with van der Waals surface area (Å²) in [6.07, 6.45) is -0.139. The molecule has 1 aliphatic heterocycles. The van der Waals surface area contributed by atoms with Crippen LogP contribution in [0.4, 0.5) is 4.79 Å². The fraction of sp³-hybridized carbons (Fsp3) is 0.286. The monoisotopic (exact) mass is 666 g/mol. The Kier molecular flexibility index (Phi) is 11.3. The molecule has 0 amide bonds. The maximum absolute atomic E-state index is 12.6. The van der Waals surface area contributed by atoms with Crippen molar-refractivity contribution in [2.75, 3.05) is 0 Å². The average molecular weight is 667 g/mol. The number of rotatable bonds is 7. The summed E-state index contributed by atoms with van der Waals surface area (Å²) in [4.78, 5) is 12.6. The molecule has 11 heteroatoms. The van der Waals surface area contributed by atoms with Crippen LogP contribution in [-0.4, -0.2) is 28.4 Å². The molecule has 5 rings (SSSR count). The van der Waals surface area contributed by atoms with E-state index in [0.717, 1.165) is 10.6 Å². The maximum atomic E-state index is 12.6. The summed E-state index contributed by atoms with van der Waals surface area (Å²) in [5.41, 5.74) is -0.351. The molecule has 0 saturated carbocycles. The lowest BCUT2D eigenvalue weighted by Gasteiger charge is -2.49. The predicted molar refractivity (Wildman–Crippen MR) is 166 cm³/mol. The molecule has 4 aromatic carbocycles. The van der Waals surface area contributed by atoms with Crippen molar-refractivity contribution in [3.63, 3.8) is 0 Å². The fourth-order valence-electron chi connectivity index (χ4n) is 6.23. The van der Waals surface area contributed by atoms with Gasteiger partial charge >= 0.3 is 6.16 Å². The standard InChI is InChI=1S/C35H38NO4P.ClHO4/c1-34(2)24-28(25-35(3,4)36(34)38)40-33(37)39-26-27-20-22-32(23-21-27)41(29-14-8-5-9-15-29,30-16-10-6-11-17-30)31-18-12-7-13-19-31;2-1(3,4)5/h5-23,28H,24-26H2,1-4H3;(H,2,3,4,5)/q+1;/p-1. The van der Waals surface area contributed by atoms with E-state index < -0.39 is 34.7 Å². The maximum Gasteiger partial charge on any atom is 0.508 e. The zero-order valence-corrected chi connectivity index (χ0v) is 27.9. The summed E-state index contributed by atoms with van der Waals surface area (Å²) in [7, 11) is -7.12. The molecule has 1 fully saturated rings. The first-order valence-corrected chi connectivity index (χ1v) is 17.7. The number of nitrogens with zero attached hydrogens (tertiary/aromatic N) is 1. The van der Waals surface area contributed by atoms with Crippen LogP contribution in [0.5, 0.6) is 0 Å². The number of piperidine rings is 1. The van der Waals surface area contributed by atoms with Crippen LogP contribution in [0, 0.1) is 10.2 Å². The number of carbonyl (C=O) groups excluding carboxylic acids is 1. The van der Waals surface area contributed by atoms with Gasteiger partial charge in [0, 0.05) is 23.9 Å². The number of hydrogen-bond donors (Lipinski definition) is 0. The van der Waals surface area contributed by atoms with Gasteiger partial charge in [-0.05, 0) is 81.8 Å². The summed E-state index contributed by atoms with van der Waals surface area (Å²) in [5, 5.41) is 18.8. The highest BCUT2D eigenvalue weighted by Gasteiger charge is 2.48. The van der Waals surface area contributed by atoms with Crippen molar-refractivity contribution in [3.8, 4) is 0 Å². The minimum Gasteiger partial charge on any atom is -0.431 e. The van der Waals surface area contributed by atoms with Crippen LogP contribution in [0.3, 0.4) is 0 Å². The highest BCUT2D eigenvalue weighted by atomic mass is 35.7. The molecule has 4 aromatic rings. The van der Waals surface area contributed by atoms with Crippen molar-refractivity contribution < 1.29 is 48.4 Å². The topological polar surface area (TPSA) is 151 Å². The second kappa shape index (κ2) is 14.6. The van der Waals surface area contributed by atoms with Gasteiger partial charge in [-0.2, -0.15) is 0 Å². The molecule has 0 N–H and O–H groups in total. The SMILES string of the molecule is CC1(C)CC(OC(=O)OCc2ccc([P+](c3ccccc3)(c3ccccc3)c3ccccc3)cc2)CC(C)(C)N1[O].[O-][Cl+3]([O-])([O-])[O-]. The van der Waals surface area contributed by atoms with Crippen LogP contribution in [0.15, 0.2) is 115 Å². The van der Waals surface area contributed by atoms with Crippen LogP contribution >= 0.6 is 7.26 Å². The van der Waals surface area contributed by atoms with Gasteiger partial charge in [-0.15, -0.1) is 20.5 Å². The third-order valence-electron chi connectivity index (χ3n) is 7.93. The number of benzene rings is 4. The zero-order valence-electron chi connectivity index (χ0n) is 26.2. The fourth-order valence-corrected chi connectivity index (χ4v) is 10.5. The van der Waals surface area contributed by atoms with E-state index in [9.17, 15) is 10.0 Å². The van der Waals surface area contributed by atoms with E-state index in [1.165, 1.54) is 21.2 Å². The molecule has 1 radical (unpaired) electrons. The van der Waals surface area contributed by atoms with Gasteiger partial charge in [0.1, 0.15) is 41.2 Å². The number of halogens is 1. The minimum absolute atomic E-state index is 0.111. The molecular weight excluding hydrogens is 629 g/mol. The third kappa shape index (κ3) is 8.70. The number of hydroxylamine groups is 2. The van der Waals surface area contributed by atoms with E-state index in [0.29, 0.717) is 12.8 Å². The smallest absolute Gasteiger partial charge is 0.431 e. The molecule has 9 nitrogen and oxygen atoms in total. The van der Waals surface area contributed by atoms with Crippen molar-refractivity contribution in [1.29, 1.82) is 0 Å². The first kappa shape index (κ1) is 35.5. The van der Waals surface area contributed by atoms with Gasteiger partial charge in [-0.3, -0.25) is 0 Å². The quantitative estimate of drug-likeness (QED) is 0.213. The molecule has 243 valence electrons. The molecule has 0 aliphatic carbocycles. The van der Waals surface area contributed by atoms with Gasteiger partial charge in [-0.1, -0.05) is 66.7 Å². The zero-order chi connectivity index (χ0) is 33.6. The number of carbonyl (C=O) groups is 1. The molecule has 1 heterocycles. The Hall–Kier alpha value is -3.37. The Labute approximate surface area is 272 Å². The highest BCUT2D eigenvalue weighted by molar-refractivity contribution is 8.01. The Balaban J connectivity index is 0.000000892. The molecule has 0 bridgehead atoms. The largest absolute Gasteiger partial charge is 0.508 e. The van der Waals surface area contributed by atoms with Crippen LogP contribution in [-0.2, 0) is 21.3 Å². The lowest BCUT2D eigenvalue weighted by Crippen LogP contribution is -2.68. The molecule has 1 aliphatic rings. The minimum atomic E-state index is -4.94. The molecule has 0 aromatic heterocycles. The van der Waals surface area contributed by atoms with Crippen LogP contribution in [0.25, 0.3) is 0 Å². The Morgan fingerprint density at radius 2 is 1.04 bits per heavy atom. The summed E-state index contributed by atoms with van der Waals surface area (Å²) >= 11 is 0. The molecule has 0 atom stereocenters. The summed E-state index contributed by atoms with van der Waals surface area (Å²) < 4.78 is 45.2. The number of hydrogen-bond acceptors (Lipinski definition) is 8.